The first-order chi connectivity index (χ1) is 16.5. The van der Waals surface area contributed by atoms with Crippen molar-refractivity contribution in [1.29, 1.82) is 0 Å². The molecular formula is C28H28N2O3S. The van der Waals surface area contributed by atoms with E-state index >= 15 is 0 Å². The van der Waals surface area contributed by atoms with Gasteiger partial charge in [-0.1, -0.05) is 29.8 Å². The van der Waals surface area contributed by atoms with E-state index in [0.717, 1.165) is 29.2 Å². The van der Waals surface area contributed by atoms with Gasteiger partial charge in [0.1, 0.15) is 23.8 Å². The molecular weight excluding hydrogens is 444 g/mol. The fraction of sp³-hybridized carbons (Fsp3) is 0.214. The largest absolute Gasteiger partial charge is 0.487 e. The maximum Gasteiger partial charge on any atom is 0.251 e. The van der Waals surface area contributed by atoms with Crippen molar-refractivity contribution >= 4 is 17.7 Å². The maximum absolute atomic E-state index is 12.5. The molecule has 174 valence electrons. The van der Waals surface area contributed by atoms with Crippen LogP contribution in [-0.2, 0) is 13.0 Å². The summed E-state index contributed by atoms with van der Waals surface area (Å²) in [6.45, 7) is 4.83. The molecule has 4 aromatic rings. The fourth-order valence-corrected chi connectivity index (χ4v) is 3.86. The number of benzene rings is 3. The minimum atomic E-state index is -0.0944. The summed E-state index contributed by atoms with van der Waals surface area (Å²) in [6.07, 6.45) is 2.85. The van der Waals surface area contributed by atoms with Gasteiger partial charge in [-0.25, -0.2) is 4.98 Å². The summed E-state index contributed by atoms with van der Waals surface area (Å²) >= 11 is 1.72. The van der Waals surface area contributed by atoms with Crippen LogP contribution in [0.25, 0.3) is 11.5 Å². The van der Waals surface area contributed by atoms with E-state index in [9.17, 15) is 4.79 Å². The highest BCUT2D eigenvalue weighted by Crippen LogP contribution is 2.23. The molecule has 6 heteroatoms. The zero-order valence-electron chi connectivity index (χ0n) is 19.6. The molecule has 0 unspecified atom stereocenters. The van der Waals surface area contributed by atoms with E-state index in [0.29, 0.717) is 24.6 Å². The maximum atomic E-state index is 12.5. The summed E-state index contributed by atoms with van der Waals surface area (Å²) in [4.78, 5) is 18.3. The average Bonchev–Trinajstić information content (AvgIpc) is 3.24. The van der Waals surface area contributed by atoms with Gasteiger partial charge in [0.25, 0.3) is 5.91 Å². The van der Waals surface area contributed by atoms with Crippen LogP contribution in [0.1, 0.15) is 32.9 Å². The van der Waals surface area contributed by atoms with Crippen LogP contribution in [0.15, 0.2) is 82.1 Å². The van der Waals surface area contributed by atoms with Gasteiger partial charge in [0.15, 0.2) is 0 Å². The van der Waals surface area contributed by atoms with Gasteiger partial charge in [0.2, 0.25) is 5.89 Å². The molecule has 1 amide bonds. The van der Waals surface area contributed by atoms with Gasteiger partial charge in [-0.2, -0.15) is 0 Å². The Balaban J connectivity index is 1.32. The molecule has 0 saturated heterocycles. The zero-order valence-corrected chi connectivity index (χ0v) is 20.4. The molecule has 0 saturated carbocycles. The summed E-state index contributed by atoms with van der Waals surface area (Å²) in [5.74, 6) is 1.93. The molecule has 4 rings (SSSR count). The summed E-state index contributed by atoms with van der Waals surface area (Å²) < 4.78 is 11.7. The quantitative estimate of drug-likeness (QED) is 0.293. The van der Waals surface area contributed by atoms with Crippen molar-refractivity contribution in [3.63, 3.8) is 0 Å². The van der Waals surface area contributed by atoms with Crippen LogP contribution < -0.4 is 10.1 Å². The predicted molar refractivity (Wildman–Crippen MR) is 136 cm³/mol. The van der Waals surface area contributed by atoms with Crippen LogP contribution in [0.4, 0.5) is 0 Å². The second-order valence-corrected chi connectivity index (χ2v) is 8.93. The van der Waals surface area contributed by atoms with Gasteiger partial charge in [0.05, 0.1) is 0 Å². The molecule has 0 radical (unpaired) electrons. The number of oxazole rings is 1. The molecule has 0 bridgehead atoms. The number of nitrogens with one attached hydrogen (secondary N) is 1. The Labute approximate surface area is 204 Å². The Hall–Kier alpha value is -3.51. The van der Waals surface area contributed by atoms with E-state index in [1.807, 2.05) is 50.2 Å². The van der Waals surface area contributed by atoms with Crippen molar-refractivity contribution in [2.45, 2.75) is 31.8 Å². The van der Waals surface area contributed by atoms with Crippen molar-refractivity contribution in [2.75, 3.05) is 12.8 Å². The predicted octanol–water partition coefficient (Wildman–Crippen LogP) is 6.23. The third-order valence-corrected chi connectivity index (χ3v) is 6.29. The van der Waals surface area contributed by atoms with Gasteiger partial charge >= 0.3 is 0 Å². The van der Waals surface area contributed by atoms with Gasteiger partial charge in [0, 0.05) is 22.6 Å². The monoisotopic (exact) mass is 472 g/mol. The topological polar surface area (TPSA) is 64.4 Å². The highest BCUT2D eigenvalue weighted by atomic mass is 32.2. The van der Waals surface area contributed by atoms with E-state index in [-0.39, 0.29) is 5.91 Å². The fourth-order valence-electron chi connectivity index (χ4n) is 3.45. The average molecular weight is 473 g/mol. The molecule has 0 aliphatic rings. The number of carbonyl (C=O) groups excluding carboxylic acids is 1. The number of thioether (sulfide) groups is 1. The van der Waals surface area contributed by atoms with Crippen molar-refractivity contribution in [3.05, 3.63) is 101 Å². The van der Waals surface area contributed by atoms with Crippen molar-refractivity contribution in [2.24, 2.45) is 0 Å². The number of amides is 1. The van der Waals surface area contributed by atoms with Crippen LogP contribution in [0.5, 0.6) is 5.75 Å². The molecule has 0 spiro atoms. The Morgan fingerprint density at radius 2 is 1.68 bits per heavy atom. The second-order valence-electron chi connectivity index (χ2n) is 8.05. The SMILES string of the molecule is CSc1ccc(CCNC(=O)c2ccc(-c3nc(COc4ccc(C)cc4)c(C)o3)cc2)cc1. The summed E-state index contributed by atoms with van der Waals surface area (Å²) in [5.41, 5.74) is 4.56. The molecule has 0 aliphatic carbocycles. The smallest absolute Gasteiger partial charge is 0.251 e. The lowest BCUT2D eigenvalue weighted by atomic mass is 10.1. The van der Waals surface area contributed by atoms with Crippen molar-refractivity contribution in [1.82, 2.24) is 10.3 Å². The zero-order chi connectivity index (χ0) is 23.9. The van der Waals surface area contributed by atoms with Crippen LogP contribution >= 0.6 is 11.8 Å². The standard InChI is InChI=1S/C28H28N2O3S/c1-19-4-12-24(13-5-19)32-18-26-20(2)33-28(30-26)23-10-8-22(9-11-23)27(31)29-17-16-21-6-14-25(34-3)15-7-21/h4-15H,16-18H2,1-3H3,(H,29,31). The third kappa shape index (κ3) is 6.08. The first-order valence-electron chi connectivity index (χ1n) is 11.2. The summed E-state index contributed by atoms with van der Waals surface area (Å²) in [6, 6.07) is 23.6. The van der Waals surface area contributed by atoms with Gasteiger partial charge < -0.3 is 14.5 Å². The normalized spacial score (nSPS) is 10.8. The Bertz CT molecular complexity index is 1230. The highest BCUT2D eigenvalue weighted by molar-refractivity contribution is 7.98. The summed E-state index contributed by atoms with van der Waals surface area (Å²) in [5, 5.41) is 2.98. The summed E-state index contributed by atoms with van der Waals surface area (Å²) in [7, 11) is 0. The van der Waals surface area contributed by atoms with Crippen molar-refractivity contribution < 1.29 is 13.9 Å². The number of hydrogen-bond acceptors (Lipinski definition) is 5. The number of hydrogen-bond donors (Lipinski definition) is 1. The number of ether oxygens (including phenoxy) is 1. The van der Waals surface area contributed by atoms with E-state index in [1.54, 1.807) is 23.9 Å². The number of nitrogens with zero attached hydrogens (tertiary/aromatic N) is 1. The number of aryl methyl sites for hydroxylation is 2. The second kappa shape index (κ2) is 11.1. The van der Waals surface area contributed by atoms with E-state index < -0.39 is 0 Å². The lowest BCUT2D eigenvalue weighted by Crippen LogP contribution is -2.25. The molecule has 0 atom stereocenters. The number of carbonyl (C=O) groups is 1. The molecule has 0 fully saturated rings. The van der Waals surface area contributed by atoms with E-state index in [4.69, 9.17) is 9.15 Å². The van der Waals surface area contributed by atoms with Crippen LogP contribution in [-0.4, -0.2) is 23.7 Å². The Kier molecular flexibility index (Phi) is 7.70. The minimum absolute atomic E-state index is 0.0944. The molecule has 34 heavy (non-hydrogen) atoms. The molecule has 1 heterocycles. The van der Waals surface area contributed by atoms with Gasteiger partial charge in [-0.15, -0.1) is 11.8 Å². The van der Waals surface area contributed by atoms with Gasteiger partial charge in [-0.05, 0) is 80.6 Å². The van der Waals surface area contributed by atoms with Crippen LogP contribution in [0.3, 0.4) is 0 Å². The lowest BCUT2D eigenvalue weighted by molar-refractivity contribution is 0.0954. The van der Waals surface area contributed by atoms with E-state index in [1.165, 1.54) is 16.0 Å². The Morgan fingerprint density at radius 1 is 0.971 bits per heavy atom. The van der Waals surface area contributed by atoms with Crippen molar-refractivity contribution in [3.8, 4) is 17.2 Å². The lowest BCUT2D eigenvalue weighted by Gasteiger charge is -2.06. The number of aromatic nitrogens is 1. The Morgan fingerprint density at radius 3 is 2.35 bits per heavy atom. The molecule has 5 nitrogen and oxygen atoms in total. The molecule has 1 aromatic heterocycles. The van der Waals surface area contributed by atoms with Gasteiger partial charge in [-0.3, -0.25) is 4.79 Å². The molecule has 0 aliphatic heterocycles. The first kappa shape index (κ1) is 23.6. The first-order valence-corrected chi connectivity index (χ1v) is 12.4. The van der Waals surface area contributed by atoms with E-state index in [2.05, 4.69) is 40.8 Å². The third-order valence-electron chi connectivity index (χ3n) is 5.54. The highest BCUT2D eigenvalue weighted by Gasteiger charge is 2.13. The molecule has 3 aromatic carbocycles. The minimum Gasteiger partial charge on any atom is -0.487 e. The van der Waals surface area contributed by atoms with Crippen LogP contribution in [0.2, 0.25) is 0 Å². The molecule has 1 N–H and O–H groups in total. The van der Waals surface area contributed by atoms with Crippen LogP contribution in [0, 0.1) is 13.8 Å². The number of rotatable bonds is 9.